The molecule has 220 valence electrons. The number of hydrogen-bond acceptors (Lipinski definition) is 6. The van der Waals surface area contributed by atoms with E-state index in [1.54, 1.807) is 7.11 Å². The van der Waals surface area contributed by atoms with Gasteiger partial charge >= 0.3 is 5.97 Å². The van der Waals surface area contributed by atoms with Crippen LogP contribution in [0.15, 0.2) is 54.8 Å². The lowest BCUT2D eigenvalue weighted by molar-refractivity contribution is -0.140. The van der Waals surface area contributed by atoms with Crippen LogP contribution in [0.4, 0.5) is 0 Å². The van der Waals surface area contributed by atoms with E-state index in [0.717, 1.165) is 49.3 Å². The fourth-order valence-corrected chi connectivity index (χ4v) is 8.21. The number of nitrogens with zero attached hydrogens (tertiary/aromatic N) is 2. The molecule has 1 saturated carbocycles. The van der Waals surface area contributed by atoms with Crippen molar-refractivity contribution in [2.45, 2.75) is 70.1 Å². The van der Waals surface area contributed by atoms with Crippen LogP contribution in [0.5, 0.6) is 11.5 Å². The second-order valence-electron chi connectivity index (χ2n) is 12.6. The summed E-state index contributed by atoms with van der Waals surface area (Å²) >= 11 is 0. The molecule has 2 heterocycles. The molecule has 2 aliphatic heterocycles. The van der Waals surface area contributed by atoms with E-state index in [-0.39, 0.29) is 41.4 Å². The molecule has 5 atom stereocenters. The van der Waals surface area contributed by atoms with Crippen molar-refractivity contribution in [2.24, 2.45) is 11.8 Å². The number of hydrogen-bond donors (Lipinski definition) is 0. The van der Waals surface area contributed by atoms with Gasteiger partial charge in [-0.2, -0.15) is 0 Å². The van der Waals surface area contributed by atoms with Gasteiger partial charge in [0.25, 0.3) is 5.91 Å². The molecule has 42 heavy (non-hydrogen) atoms. The van der Waals surface area contributed by atoms with Gasteiger partial charge in [0.1, 0.15) is 11.9 Å². The van der Waals surface area contributed by atoms with E-state index >= 15 is 0 Å². The van der Waals surface area contributed by atoms with Gasteiger partial charge in [0.15, 0.2) is 11.5 Å². The summed E-state index contributed by atoms with van der Waals surface area (Å²) in [7, 11) is 1.69. The van der Waals surface area contributed by atoms with E-state index in [9.17, 15) is 9.59 Å². The van der Waals surface area contributed by atoms with E-state index in [4.69, 9.17) is 14.2 Å². The van der Waals surface area contributed by atoms with Gasteiger partial charge in [0.05, 0.1) is 19.7 Å². The molecular weight excluding hydrogens is 528 g/mol. The molecule has 7 heteroatoms. The molecule has 2 aromatic rings. The van der Waals surface area contributed by atoms with Crippen LogP contribution >= 0.6 is 0 Å². The highest BCUT2D eigenvalue weighted by Gasteiger charge is 2.66. The van der Waals surface area contributed by atoms with E-state index < -0.39 is 0 Å². The SMILES string of the molecule is C=C(CN1CC[C@]23c4c5ccc(OC)c4O[C@H]2[C@H](N(CC(C)C)C(=O)C#Cc2ccccc2)CC[C@H]3[C@H]1C5)OC(C)=O. The first-order valence-corrected chi connectivity index (χ1v) is 15.1. The van der Waals surface area contributed by atoms with Gasteiger partial charge in [-0.1, -0.05) is 50.6 Å². The number of carbonyl (C=O) groups is 2. The summed E-state index contributed by atoms with van der Waals surface area (Å²) in [4.78, 5) is 29.9. The summed E-state index contributed by atoms with van der Waals surface area (Å²) < 4.78 is 18.2. The Morgan fingerprint density at radius 1 is 1.19 bits per heavy atom. The van der Waals surface area contributed by atoms with Crippen molar-refractivity contribution in [1.82, 2.24) is 9.80 Å². The Labute approximate surface area is 248 Å². The van der Waals surface area contributed by atoms with Crippen LogP contribution in [0.2, 0.25) is 0 Å². The van der Waals surface area contributed by atoms with Crippen LogP contribution in [-0.2, 0) is 26.2 Å². The maximum Gasteiger partial charge on any atom is 0.307 e. The zero-order valence-corrected chi connectivity index (χ0v) is 25.0. The first kappa shape index (κ1) is 28.4. The zero-order chi connectivity index (χ0) is 29.6. The number of carbonyl (C=O) groups excluding carboxylic acids is 2. The Bertz CT molecular complexity index is 1460. The third kappa shape index (κ3) is 4.76. The number of ether oxygens (including phenoxy) is 3. The summed E-state index contributed by atoms with van der Waals surface area (Å²) in [6, 6.07) is 14.0. The van der Waals surface area contributed by atoms with E-state index in [0.29, 0.717) is 24.8 Å². The van der Waals surface area contributed by atoms with Gasteiger partial charge in [-0.15, -0.1) is 0 Å². The average Bonchev–Trinajstić information content (AvgIpc) is 3.31. The van der Waals surface area contributed by atoms with Gasteiger partial charge in [-0.05, 0) is 67.8 Å². The van der Waals surface area contributed by atoms with Gasteiger partial charge in [-0.25, -0.2) is 0 Å². The molecule has 1 amide bonds. The molecular formula is C35H40N2O5. The van der Waals surface area contributed by atoms with Crippen molar-refractivity contribution >= 4 is 11.9 Å². The quantitative estimate of drug-likeness (QED) is 0.274. The Morgan fingerprint density at radius 2 is 1.98 bits per heavy atom. The first-order valence-electron chi connectivity index (χ1n) is 15.1. The second kappa shape index (κ2) is 11.1. The van der Waals surface area contributed by atoms with Gasteiger partial charge in [0.2, 0.25) is 0 Å². The summed E-state index contributed by atoms with van der Waals surface area (Å²) in [6.07, 6.45) is 3.39. The minimum absolute atomic E-state index is 0.104. The summed E-state index contributed by atoms with van der Waals surface area (Å²) in [5.41, 5.74) is 3.16. The molecule has 2 bridgehead atoms. The molecule has 2 aliphatic carbocycles. The van der Waals surface area contributed by atoms with Crippen LogP contribution in [-0.4, -0.2) is 66.6 Å². The van der Waals surface area contributed by atoms with Crippen LogP contribution in [0, 0.1) is 23.7 Å². The van der Waals surface area contributed by atoms with E-state index in [1.807, 2.05) is 41.3 Å². The molecule has 0 aromatic heterocycles. The lowest BCUT2D eigenvalue weighted by Gasteiger charge is -2.60. The number of rotatable bonds is 7. The van der Waals surface area contributed by atoms with E-state index in [2.05, 4.69) is 43.2 Å². The van der Waals surface area contributed by atoms with Crippen molar-refractivity contribution in [1.29, 1.82) is 0 Å². The summed E-state index contributed by atoms with van der Waals surface area (Å²) in [6.45, 7) is 11.7. The number of benzene rings is 2. The first-order chi connectivity index (χ1) is 20.2. The molecule has 2 fully saturated rings. The average molecular weight is 569 g/mol. The maximum absolute atomic E-state index is 13.8. The zero-order valence-electron chi connectivity index (χ0n) is 25.0. The molecule has 7 nitrogen and oxygen atoms in total. The number of piperidine rings is 1. The minimum Gasteiger partial charge on any atom is -0.493 e. The molecule has 0 N–H and O–H groups in total. The standard InChI is InChI=1S/C35H40N2O5/c1-22(2)20-37(31(39)16-11-25-9-7-6-8-10-25)28-14-13-27-29-19-26-12-15-30(40-5)33-32(26)35(27,34(28)42-33)17-18-36(29)21-23(3)41-24(4)38/h6-10,12,15,22,27-29,34H,3,13-14,17-21H2,1-2,4-5H3/t27-,28+,29+,34-,35-/m0/s1. The van der Waals surface area contributed by atoms with Crippen LogP contribution in [0.1, 0.15) is 56.7 Å². The minimum atomic E-state index is -0.339. The molecule has 1 spiro atoms. The number of amides is 1. The highest BCUT2D eigenvalue weighted by atomic mass is 16.5. The van der Waals surface area contributed by atoms with Gasteiger partial charge in [0, 0.05) is 42.0 Å². The van der Waals surface area contributed by atoms with Gasteiger partial charge in [-0.3, -0.25) is 14.5 Å². The summed E-state index contributed by atoms with van der Waals surface area (Å²) in [5.74, 6) is 8.26. The Hall–Kier alpha value is -3.76. The smallest absolute Gasteiger partial charge is 0.307 e. The van der Waals surface area contributed by atoms with Crippen molar-refractivity contribution in [2.75, 3.05) is 26.7 Å². The van der Waals surface area contributed by atoms with Crippen molar-refractivity contribution in [3.8, 4) is 23.3 Å². The molecule has 0 radical (unpaired) electrons. The molecule has 4 aliphatic rings. The molecule has 2 aromatic carbocycles. The lowest BCUT2D eigenvalue weighted by Crippen LogP contribution is -2.69. The normalized spacial score (nSPS) is 26.8. The number of methoxy groups -OCH3 is 1. The van der Waals surface area contributed by atoms with Crippen LogP contribution in [0.3, 0.4) is 0 Å². The molecule has 0 unspecified atom stereocenters. The number of likely N-dealkylation sites (tertiary alicyclic amines) is 1. The lowest BCUT2D eigenvalue weighted by atomic mass is 9.51. The third-order valence-electron chi connectivity index (χ3n) is 9.58. The number of esters is 1. The molecule has 1 saturated heterocycles. The third-order valence-corrected chi connectivity index (χ3v) is 9.58. The van der Waals surface area contributed by atoms with Crippen LogP contribution in [0.25, 0.3) is 0 Å². The predicted octanol–water partition coefficient (Wildman–Crippen LogP) is 4.72. The predicted molar refractivity (Wildman–Crippen MR) is 160 cm³/mol. The Balaban J connectivity index is 1.38. The largest absolute Gasteiger partial charge is 0.493 e. The summed E-state index contributed by atoms with van der Waals surface area (Å²) in [5, 5.41) is 0. The second-order valence-corrected chi connectivity index (χ2v) is 12.6. The monoisotopic (exact) mass is 568 g/mol. The van der Waals surface area contributed by atoms with Crippen molar-refractivity contribution in [3.05, 3.63) is 71.5 Å². The fourth-order valence-electron chi connectivity index (χ4n) is 8.21. The maximum atomic E-state index is 13.8. The highest BCUT2D eigenvalue weighted by molar-refractivity contribution is 5.94. The highest BCUT2D eigenvalue weighted by Crippen LogP contribution is 2.64. The topological polar surface area (TPSA) is 68.3 Å². The van der Waals surface area contributed by atoms with Crippen molar-refractivity contribution < 1.29 is 23.8 Å². The molecule has 6 rings (SSSR count). The Morgan fingerprint density at radius 3 is 2.69 bits per heavy atom. The fraction of sp³-hybridized carbons (Fsp3) is 0.486. The Kier molecular flexibility index (Phi) is 7.53. The van der Waals surface area contributed by atoms with Crippen LogP contribution < -0.4 is 9.47 Å². The van der Waals surface area contributed by atoms with Gasteiger partial charge < -0.3 is 19.1 Å². The van der Waals surface area contributed by atoms with Crippen molar-refractivity contribution in [3.63, 3.8) is 0 Å². The van der Waals surface area contributed by atoms with E-state index in [1.165, 1.54) is 18.1 Å².